The average Bonchev–Trinajstić information content (AvgIpc) is 2.66. The topological polar surface area (TPSA) is 96.6 Å². The zero-order valence-electron chi connectivity index (χ0n) is 16.9. The van der Waals surface area contributed by atoms with Gasteiger partial charge in [0.25, 0.3) is 0 Å². The molecule has 0 spiro atoms. The summed E-state index contributed by atoms with van der Waals surface area (Å²) in [4.78, 5) is 6.06. The molecular formula is C20H29IN4O2S2. The highest BCUT2D eigenvalue weighted by Gasteiger charge is 2.07. The fourth-order valence-electron chi connectivity index (χ4n) is 2.66. The summed E-state index contributed by atoms with van der Waals surface area (Å²) in [5.74, 6) is 0.760. The molecule has 0 saturated carbocycles. The molecule has 29 heavy (non-hydrogen) atoms. The smallest absolute Gasteiger partial charge is 0.238 e. The van der Waals surface area contributed by atoms with Crippen molar-refractivity contribution in [1.82, 2.24) is 10.6 Å². The number of aliphatic imine (C=N–C) groups is 1. The maximum Gasteiger partial charge on any atom is 0.238 e. The van der Waals surface area contributed by atoms with Crippen molar-refractivity contribution in [3.8, 4) is 0 Å². The van der Waals surface area contributed by atoms with Crippen LogP contribution in [0.5, 0.6) is 0 Å². The molecule has 0 aliphatic rings. The number of sulfonamides is 1. The molecule has 2 aromatic rings. The summed E-state index contributed by atoms with van der Waals surface area (Å²) < 4.78 is 22.6. The van der Waals surface area contributed by atoms with E-state index in [4.69, 9.17) is 5.14 Å². The summed E-state index contributed by atoms with van der Waals surface area (Å²) in [6.07, 6.45) is 2.82. The van der Waals surface area contributed by atoms with Crippen LogP contribution in [0.1, 0.15) is 23.6 Å². The van der Waals surface area contributed by atoms with E-state index < -0.39 is 10.0 Å². The standard InChI is InChI=1S/C20H28N4O2S2.HI/c1-4-22-20(24-14-17-8-5-15(2)13-19(17)27-3)23-12-11-16-6-9-18(10-7-16)28(21,25)26;/h5-10,13H,4,11-12,14H2,1-3H3,(H2,21,25,26)(H2,22,23,24);1H. The first-order valence-electron chi connectivity index (χ1n) is 9.11. The predicted molar refractivity (Wildman–Crippen MR) is 133 cm³/mol. The highest BCUT2D eigenvalue weighted by Crippen LogP contribution is 2.22. The second kappa shape index (κ2) is 12.4. The Balaban J connectivity index is 0.00000420. The molecule has 160 valence electrons. The van der Waals surface area contributed by atoms with E-state index in [-0.39, 0.29) is 28.9 Å². The number of hydrogen-bond acceptors (Lipinski definition) is 4. The van der Waals surface area contributed by atoms with Crippen LogP contribution in [0, 0.1) is 6.92 Å². The number of nitrogens with two attached hydrogens (primary N) is 1. The number of thioether (sulfide) groups is 1. The minimum atomic E-state index is -3.65. The van der Waals surface area contributed by atoms with Crippen LogP contribution in [0.2, 0.25) is 0 Å². The fourth-order valence-corrected chi connectivity index (χ4v) is 3.87. The molecule has 0 unspecified atom stereocenters. The van der Waals surface area contributed by atoms with Gasteiger partial charge in [-0.05, 0) is 61.4 Å². The predicted octanol–water partition coefficient (Wildman–Crippen LogP) is 3.28. The third-order valence-electron chi connectivity index (χ3n) is 4.15. The molecule has 0 aliphatic carbocycles. The van der Waals surface area contributed by atoms with E-state index in [1.165, 1.54) is 28.2 Å². The second-order valence-electron chi connectivity index (χ2n) is 6.38. The van der Waals surface area contributed by atoms with Crippen molar-refractivity contribution in [3.63, 3.8) is 0 Å². The van der Waals surface area contributed by atoms with Crippen LogP contribution in [0.3, 0.4) is 0 Å². The molecule has 0 fully saturated rings. The van der Waals surface area contributed by atoms with Crippen molar-refractivity contribution in [1.29, 1.82) is 0 Å². The van der Waals surface area contributed by atoms with Gasteiger partial charge in [0, 0.05) is 18.0 Å². The van der Waals surface area contributed by atoms with Crippen molar-refractivity contribution in [2.75, 3.05) is 19.3 Å². The lowest BCUT2D eigenvalue weighted by Crippen LogP contribution is -2.38. The van der Waals surface area contributed by atoms with E-state index in [9.17, 15) is 8.42 Å². The number of halogens is 1. The second-order valence-corrected chi connectivity index (χ2v) is 8.79. The molecule has 0 atom stereocenters. The summed E-state index contributed by atoms with van der Waals surface area (Å²) in [6, 6.07) is 13.0. The number of nitrogens with one attached hydrogen (secondary N) is 2. The number of guanidine groups is 1. The molecular weight excluding hydrogens is 519 g/mol. The summed E-state index contributed by atoms with van der Waals surface area (Å²) in [5.41, 5.74) is 3.48. The molecule has 6 nitrogen and oxygen atoms in total. The third kappa shape index (κ3) is 8.53. The molecule has 9 heteroatoms. The Bertz CT molecular complexity index is 917. The number of nitrogens with zero attached hydrogens (tertiary/aromatic N) is 1. The first kappa shape index (κ1) is 25.7. The van der Waals surface area contributed by atoms with Gasteiger partial charge in [0.2, 0.25) is 10.0 Å². The third-order valence-corrected chi connectivity index (χ3v) is 5.90. The summed E-state index contributed by atoms with van der Waals surface area (Å²) in [7, 11) is -3.65. The Morgan fingerprint density at radius 2 is 1.83 bits per heavy atom. The molecule has 2 rings (SSSR count). The highest BCUT2D eigenvalue weighted by atomic mass is 127. The van der Waals surface area contributed by atoms with E-state index in [1.807, 2.05) is 6.92 Å². The lowest BCUT2D eigenvalue weighted by molar-refractivity contribution is 0.598. The van der Waals surface area contributed by atoms with Crippen LogP contribution in [-0.4, -0.2) is 33.7 Å². The largest absolute Gasteiger partial charge is 0.357 e. The van der Waals surface area contributed by atoms with Crippen LogP contribution in [-0.2, 0) is 23.0 Å². The Morgan fingerprint density at radius 3 is 2.41 bits per heavy atom. The number of hydrogen-bond donors (Lipinski definition) is 3. The van der Waals surface area contributed by atoms with Gasteiger partial charge < -0.3 is 10.6 Å². The van der Waals surface area contributed by atoms with Gasteiger partial charge in [0.1, 0.15) is 0 Å². The zero-order valence-corrected chi connectivity index (χ0v) is 20.9. The zero-order chi connectivity index (χ0) is 20.6. The van der Waals surface area contributed by atoms with Gasteiger partial charge in [0.15, 0.2) is 5.96 Å². The van der Waals surface area contributed by atoms with Gasteiger partial charge in [-0.25, -0.2) is 18.5 Å². The number of rotatable bonds is 8. The van der Waals surface area contributed by atoms with Crippen molar-refractivity contribution in [2.45, 2.75) is 36.6 Å². The van der Waals surface area contributed by atoms with Crippen molar-refractivity contribution in [2.24, 2.45) is 10.1 Å². The van der Waals surface area contributed by atoms with E-state index in [1.54, 1.807) is 23.9 Å². The molecule has 2 aromatic carbocycles. The van der Waals surface area contributed by atoms with Gasteiger partial charge in [-0.15, -0.1) is 35.7 Å². The maximum absolute atomic E-state index is 11.3. The molecule has 0 bridgehead atoms. The van der Waals surface area contributed by atoms with Crippen molar-refractivity contribution in [3.05, 3.63) is 59.2 Å². The van der Waals surface area contributed by atoms with E-state index in [0.29, 0.717) is 13.1 Å². The first-order valence-corrected chi connectivity index (χ1v) is 11.9. The molecule has 0 amide bonds. The quantitative estimate of drug-likeness (QED) is 0.204. The number of primary sulfonamides is 1. The average molecular weight is 549 g/mol. The molecule has 0 aromatic heterocycles. The molecule has 0 aliphatic heterocycles. The van der Waals surface area contributed by atoms with Crippen molar-refractivity contribution < 1.29 is 8.42 Å². The SMILES string of the molecule is CCNC(=NCc1ccc(C)cc1SC)NCCc1ccc(S(N)(=O)=O)cc1.I. The molecule has 0 heterocycles. The van der Waals surface area contributed by atoms with E-state index in [2.05, 4.69) is 47.0 Å². The summed E-state index contributed by atoms with van der Waals surface area (Å²) in [5, 5.41) is 11.7. The van der Waals surface area contributed by atoms with Crippen molar-refractivity contribution >= 4 is 51.7 Å². The van der Waals surface area contributed by atoms with E-state index in [0.717, 1.165) is 24.5 Å². The molecule has 4 N–H and O–H groups in total. The van der Waals surface area contributed by atoms with Crippen LogP contribution in [0.15, 0.2) is 57.2 Å². The van der Waals surface area contributed by atoms with E-state index >= 15 is 0 Å². The molecule has 0 saturated heterocycles. The Morgan fingerprint density at radius 1 is 1.14 bits per heavy atom. The lowest BCUT2D eigenvalue weighted by Gasteiger charge is -2.12. The Labute approximate surface area is 195 Å². The van der Waals surface area contributed by atoms with Gasteiger partial charge in [-0.2, -0.15) is 0 Å². The van der Waals surface area contributed by atoms with Gasteiger partial charge in [0.05, 0.1) is 11.4 Å². The summed E-state index contributed by atoms with van der Waals surface area (Å²) in [6.45, 7) is 6.19. The van der Waals surface area contributed by atoms with Gasteiger partial charge >= 0.3 is 0 Å². The van der Waals surface area contributed by atoms with Gasteiger partial charge in [-0.1, -0.05) is 24.3 Å². The highest BCUT2D eigenvalue weighted by molar-refractivity contribution is 14.0. The van der Waals surface area contributed by atoms with Gasteiger partial charge in [-0.3, -0.25) is 0 Å². The monoisotopic (exact) mass is 548 g/mol. The van der Waals surface area contributed by atoms with Crippen LogP contribution in [0.25, 0.3) is 0 Å². The number of benzene rings is 2. The number of aryl methyl sites for hydroxylation is 1. The first-order chi connectivity index (χ1) is 13.3. The fraction of sp³-hybridized carbons (Fsp3) is 0.350. The van der Waals surface area contributed by atoms with Crippen LogP contribution < -0.4 is 15.8 Å². The maximum atomic E-state index is 11.3. The Hall–Kier alpha value is -1.30. The minimum absolute atomic E-state index is 0. The Kier molecular flexibility index (Phi) is 11.0. The van der Waals surface area contributed by atoms with Crippen LogP contribution in [0.4, 0.5) is 0 Å². The normalized spacial score (nSPS) is 11.7. The summed E-state index contributed by atoms with van der Waals surface area (Å²) >= 11 is 1.73. The molecule has 0 radical (unpaired) electrons. The minimum Gasteiger partial charge on any atom is -0.357 e. The van der Waals surface area contributed by atoms with Crippen LogP contribution >= 0.6 is 35.7 Å². The lowest BCUT2D eigenvalue weighted by atomic mass is 10.1.